The second-order valence-electron chi connectivity index (χ2n) is 5.16. The molecule has 0 saturated heterocycles. The third-order valence-electron chi connectivity index (χ3n) is 3.49. The van der Waals surface area contributed by atoms with E-state index in [4.69, 9.17) is 11.6 Å². The Kier molecular flexibility index (Phi) is 4.17. The number of hydrogen-bond acceptors (Lipinski definition) is 2. The van der Waals surface area contributed by atoms with Crippen LogP contribution in [0.5, 0.6) is 5.75 Å². The molecule has 0 spiro atoms. The molecule has 3 nitrogen and oxygen atoms in total. The molecule has 0 aliphatic rings. The number of hydrogen-bond donors (Lipinski definition) is 1. The predicted molar refractivity (Wildman–Crippen MR) is 88.3 cm³/mol. The molecule has 0 saturated carbocycles. The Morgan fingerprint density at radius 2 is 1.87 bits per heavy atom. The summed E-state index contributed by atoms with van der Waals surface area (Å²) in [5, 5.41) is 10.4. The average Bonchev–Trinajstić information content (AvgIpc) is 2.52. The summed E-state index contributed by atoms with van der Waals surface area (Å²) >= 11 is 6.17. The third kappa shape index (κ3) is 3.27. The maximum absolute atomic E-state index is 13.3. The summed E-state index contributed by atoms with van der Waals surface area (Å²) in [6.07, 6.45) is 1.61. The van der Waals surface area contributed by atoms with Crippen molar-refractivity contribution in [3.8, 4) is 16.9 Å². The lowest BCUT2D eigenvalue weighted by Crippen LogP contribution is -2.20. The molecule has 23 heavy (non-hydrogen) atoms. The minimum Gasteiger partial charge on any atom is -0.503 e. The van der Waals surface area contributed by atoms with E-state index >= 15 is 0 Å². The molecule has 1 N–H and O–H groups in total. The van der Waals surface area contributed by atoms with E-state index in [1.165, 1.54) is 22.8 Å². The van der Waals surface area contributed by atoms with Gasteiger partial charge in [0, 0.05) is 22.3 Å². The van der Waals surface area contributed by atoms with Crippen molar-refractivity contribution >= 4 is 11.6 Å². The van der Waals surface area contributed by atoms with Gasteiger partial charge in [-0.3, -0.25) is 4.79 Å². The number of halogens is 2. The molecule has 0 bridgehead atoms. The summed E-state index contributed by atoms with van der Waals surface area (Å²) < 4.78 is 14.6. The Morgan fingerprint density at radius 3 is 2.61 bits per heavy atom. The van der Waals surface area contributed by atoms with Crippen LogP contribution < -0.4 is 5.56 Å². The highest BCUT2D eigenvalue weighted by Gasteiger charge is 2.10. The summed E-state index contributed by atoms with van der Waals surface area (Å²) in [6.45, 7) is 0.155. The van der Waals surface area contributed by atoms with Crippen LogP contribution in [0.15, 0.2) is 65.6 Å². The fraction of sp³-hybridized carbons (Fsp3) is 0.0556. The molecule has 0 radical (unpaired) electrons. The first kappa shape index (κ1) is 15.3. The molecule has 0 atom stereocenters. The Balaban J connectivity index is 2.07. The molecule has 0 aliphatic carbocycles. The molecular weight excluding hydrogens is 317 g/mol. The molecule has 3 rings (SSSR count). The Labute approximate surface area is 137 Å². The molecule has 116 valence electrons. The van der Waals surface area contributed by atoms with E-state index in [0.717, 1.165) is 0 Å². The van der Waals surface area contributed by atoms with Gasteiger partial charge >= 0.3 is 0 Å². The average molecular weight is 330 g/mol. The highest BCUT2D eigenvalue weighted by molar-refractivity contribution is 6.33. The second kappa shape index (κ2) is 6.26. The second-order valence-corrected chi connectivity index (χ2v) is 5.56. The van der Waals surface area contributed by atoms with E-state index in [1.54, 1.807) is 36.5 Å². The lowest BCUT2D eigenvalue weighted by molar-refractivity contribution is 0.459. The highest BCUT2D eigenvalue weighted by atomic mass is 35.5. The normalized spacial score (nSPS) is 10.7. The van der Waals surface area contributed by atoms with Crippen LogP contribution in [0.1, 0.15) is 5.56 Å². The minimum atomic E-state index is -0.537. The van der Waals surface area contributed by atoms with Crippen LogP contribution >= 0.6 is 11.6 Å². The van der Waals surface area contributed by atoms with Crippen molar-refractivity contribution in [1.29, 1.82) is 0 Å². The Morgan fingerprint density at radius 1 is 1.09 bits per heavy atom. The van der Waals surface area contributed by atoms with Crippen molar-refractivity contribution in [1.82, 2.24) is 4.57 Å². The number of benzene rings is 2. The summed E-state index contributed by atoms with van der Waals surface area (Å²) in [7, 11) is 0. The molecule has 0 amide bonds. The molecule has 0 fully saturated rings. The molecule has 5 heteroatoms. The van der Waals surface area contributed by atoms with Gasteiger partial charge in [0.05, 0.1) is 6.54 Å². The van der Waals surface area contributed by atoms with Gasteiger partial charge in [0.2, 0.25) is 0 Å². The molecule has 1 heterocycles. The fourth-order valence-electron chi connectivity index (χ4n) is 2.41. The molecular formula is C18H13ClFNO2. The molecule has 2 aromatic carbocycles. The smallest absolute Gasteiger partial charge is 0.292 e. The SMILES string of the molecule is O=c1c(O)cc(-c2ccccc2Cl)cn1Cc1cccc(F)c1. The lowest BCUT2D eigenvalue weighted by atomic mass is 10.1. The summed E-state index contributed by atoms with van der Waals surface area (Å²) in [6, 6.07) is 14.5. The van der Waals surface area contributed by atoms with Crippen molar-refractivity contribution in [2.24, 2.45) is 0 Å². The first-order chi connectivity index (χ1) is 11.0. The van der Waals surface area contributed by atoms with Crippen molar-refractivity contribution in [3.05, 3.63) is 87.6 Å². The number of aromatic nitrogens is 1. The van der Waals surface area contributed by atoms with E-state index in [0.29, 0.717) is 21.7 Å². The fourth-order valence-corrected chi connectivity index (χ4v) is 2.66. The Bertz CT molecular complexity index is 921. The lowest BCUT2D eigenvalue weighted by Gasteiger charge is -2.11. The van der Waals surface area contributed by atoms with Gasteiger partial charge < -0.3 is 9.67 Å². The summed E-state index contributed by atoms with van der Waals surface area (Å²) in [4.78, 5) is 12.1. The number of nitrogens with zero attached hydrogens (tertiary/aromatic N) is 1. The van der Waals surface area contributed by atoms with E-state index in [9.17, 15) is 14.3 Å². The van der Waals surface area contributed by atoms with Gasteiger partial charge in [-0.2, -0.15) is 0 Å². The zero-order valence-electron chi connectivity index (χ0n) is 12.0. The quantitative estimate of drug-likeness (QED) is 0.787. The predicted octanol–water partition coefficient (Wildman–Crippen LogP) is 4.06. The number of aromatic hydroxyl groups is 1. The van der Waals surface area contributed by atoms with E-state index in [-0.39, 0.29) is 18.1 Å². The maximum atomic E-state index is 13.3. The van der Waals surface area contributed by atoms with Crippen LogP contribution in [-0.2, 0) is 6.54 Å². The van der Waals surface area contributed by atoms with Gasteiger partial charge in [0.15, 0.2) is 5.75 Å². The zero-order chi connectivity index (χ0) is 16.4. The first-order valence-corrected chi connectivity index (χ1v) is 7.35. The third-order valence-corrected chi connectivity index (χ3v) is 3.82. The topological polar surface area (TPSA) is 42.2 Å². The first-order valence-electron chi connectivity index (χ1n) is 6.97. The minimum absolute atomic E-state index is 0.155. The zero-order valence-corrected chi connectivity index (χ0v) is 12.8. The molecule has 0 aliphatic heterocycles. The van der Waals surface area contributed by atoms with Gasteiger partial charge in [-0.15, -0.1) is 0 Å². The van der Waals surface area contributed by atoms with Crippen LogP contribution in [0.25, 0.3) is 11.1 Å². The molecule has 1 aromatic heterocycles. The molecule has 0 unspecified atom stereocenters. The van der Waals surface area contributed by atoms with Crippen molar-refractivity contribution in [2.45, 2.75) is 6.54 Å². The maximum Gasteiger partial charge on any atom is 0.292 e. The summed E-state index contributed by atoms with van der Waals surface area (Å²) in [5.41, 5.74) is 1.41. The summed E-state index contributed by atoms with van der Waals surface area (Å²) in [5.74, 6) is -0.749. The van der Waals surface area contributed by atoms with Crippen LogP contribution in [0.4, 0.5) is 4.39 Å². The van der Waals surface area contributed by atoms with Crippen molar-refractivity contribution < 1.29 is 9.50 Å². The number of pyridine rings is 1. The van der Waals surface area contributed by atoms with E-state index < -0.39 is 5.56 Å². The monoisotopic (exact) mass is 329 g/mol. The number of rotatable bonds is 3. The standard InChI is InChI=1S/C18H13ClFNO2/c19-16-7-2-1-6-15(16)13-9-17(22)18(23)21(11-13)10-12-4-3-5-14(20)8-12/h1-9,11,22H,10H2. The van der Waals surface area contributed by atoms with Crippen LogP contribution in [0.3, 0.4) is 0 Å². The van der Waals surface area contributed by atoms with Crippen molar-refractivity contribution in [3.63, 3.8) is 0 Å². The molecule has 3 aromatic rings. The highest BCUT2D eigenvalue weighted by Crippen LogP contribution is 2.28. The Hall–Kier alpha value is -2.59. The van der Waals surface area contributed by atoms with Crippen LogP contribution in [0.2, 0.25) is 5.02 Å². The largest absolute Gasteiger partial charge is 0.503 e. The van der Waals surface area contributed by atoms with E-state index in [1.807, 2.05) is 6.07 Å². The van der Waals surface area contributed by atoms with Gasteiger partial charge in [0.25, 0.3) is 5.56 Å². The van der Waals surface area contributed by atoms with Crippen LogP contribution in [-0.4, -0.2) is 9.67 Å². The van der Waals surface area contributed by atoms with Gasteiger partial charge in [0.1, 0.15) is 5.82 Å². The van der Waals surface area contributed by atoms with Crippen molar-refractivity contribution in [2.75, 3.05) is 0 Å². The van der Waals surface area contributed by atoms with Crippen LogP contribution in [0, 0.1) is 5.82 Å². The van der Waals surface area contributed by atoms with E-state index in [2.05, 4.69) is 0 Å². The van der Waals surface area contributed by atoms with Gasteiger partial charge in [-0.1, -0.05) is 41.9 Å². The van der Waals surface area contributed by atoms with Gasteiger partial charge in [-0.05, 0) is 29.8 Å². The van der Waals surface area contributed by atoms with Gasteiger partial charge in [-0.25, -0.2) is 4.39 Å².